The van der Waals surface area contributed by atoms with Crippen molar-refractivity contribution < 1.29 is 13.2 Å². The molecule has 0 bridgehead atoms. The first kappa shape index (κ1) is 22.2. The number of aryl methyl sites for hydroxylation is 1. The highest BCUT2D eigenvalue weighted by Gasteiger charge is 2.27. The molecule has 0 spiro atoms. The molecule has 0 heterocycles. The molecule has 152 valence electrons. The maximum Gasteiger partial charge on any atom is 0.241 e. The number of hydrogen-bond donors (Lipinski definition) is 2. The van der Waals surface area contributed by atoms with Crippen LogP contribution in [0, 0.1) is 6.92 Å². The second-order valence-electron chi connectivity index (χ2n) is 7.32. The van der Waals surface area contributed by atoms with Gasteiger partial charge in [0.05, 0.1) is 4.90 Å². The Kier molecular flexibility index (Phi) is 9.12. The average Bonchev–Trinajstić information content (AvgIpc) is 2.61. The first-order valence-corrected chi connectivity index (χ1v) is 12.7. The van der Waals surface area contributed by atoms with Crippen molar-refractivity contribution in [2.24, 2.45) is 0 Å². The topological polar surface area (TPSA) is 75.3 Å². The largest absolute Gasteiger partial charge is 0.352 e. The van der Waals surface area contributed by atoms with Gasteiger partial charge in [-0.25, -0.2) is 8.42 Å². The number of thioether (sulfide) groups is 1. The van der Waals surface area contributed by atoms with Gasteiger partial charge in [-0.05, 0) is 50.3 Å². The Hall–Kier alpha value is -1.05. The third-order valence-electron chi connectivity index (χ3n) is 5.01. The third-order valence-corrected chi connectivity index (χ3v) is 7.14. The predicted octanol–water partition coefficient (Wildman–Crippen LogP) is 3.62. The van der Waals surface area contributed by atoms with E-state index in [9.17, 15) is 13.2 Å². The molecule has 1 aliphatic carbocycles. The molecule has 2 rings (SSSR count). The fourth-order valence-electron chi connectivity index (χ4n) is 3.35. The highest BCUT2D eigenvalue weighted by molar-refractivity contribution is 7.98. The number of nitrogens with one attached hydrogen (secondary N) is 2. The summed E-state index contributed by atoms with van der Waals surface area (Å²) in [6.07, 6.45) is 10.3. The number of sulfonamides is 1. The van der Waals surface area contributed by atoms with Gasteiger partial charge in [-0.3, -0.25) is 4.79 Å². The molecule has 0 aliphatic heterocycles. The molecule has 1 fully saturated rings. The van der Waals surface area contributed by atoms with Crippen LogP contribution >= 0.6 is 11.8 Å². The summed E-state index contributed by atoms with van der Waals surface area (Å²) >= 11 is 1.61. The van der Waals surface area contributed by atoms with Crippen LogP contribution in [-0.4, -0.2) is 38.4 Å². The fraction of sp³-hybridized carbons (Fsp3) is 0.650. The SMILES string of the molecule is CSCCC(NS(=O)(=O)c1ccc(C)cc1)C(=O)NC1CCCCCCC1. The summed E-state index contributed by atoms with van der Waals surface area (Å²) < 4.78 is 28.1. The van der Waals surface area contributed by atoms with Gasteiger partial charge in [-0.1, -0.05) is 49.8 Å². The lowest BCUT2D eigenvalue weighted by Crippen LogP contribution is -2.49. The van der Waals surface area contributed by atoms with Crippen molar-refractivity contribution in [3.05, 3.63) is 29.8 Å². The Morgan fingerprint density at radius 3 is 2.30 bits per heavy atom. The van der Waals surface area contributed by atoms with E-state index in [1.54, 1.807) is 36.0 Å². The van der Waals surface area contributed by atoms with Crippen molar-refractivity contribution in [1.82, 2.24) is 10.0 Å². The number of benzene rings is 1. The van der Waals surface area contributed by atoms with E-state index in [-0.39, 0.29) is 16.8 Å². The molecule has 0 aromatic heterocycles. The highest BCUT2D eigenvalue weighted by atomic mass is 32.2. The predicted molar refractivity (Wildman–Crippen MR) is 113 cm³/mol. The zero-order chi connectivity index (χ0) is 19.7. The number of carbonyl (C=O) groups is 1. The van der Waals surface area contributed by atoms with E-state index in [0.29, 0.717) is 6.42 Å². The van der Waals surface area contributed by atoms with Gasteiger partial charge in [0.15, 0.2) is 0 Å². The molecule has 2 N–H and O–H groups in total. The lowest BCUT2D eigenvalue weighted by molar-refractivity contribution is -0.123. The molecule has 0 radical (unpaired) electrons. The van der Waals surface area contributed by atoms with Gasteiger partial charge in [0, 0.05) is 6.04 Å². The van der Waals surface area contributed by atoms with Gasteiger partial charge in [-0.2, -0.15) is 16.5 Å². The van der Waals surface area contributed by atoms with Crippen LogP contribution in [0.25, 0.3) is 0 Å². The summed E-state index contributed by atoms with van der Waals surface area (Å²) in [5, 5.41) is 3.10. The van der Waals surface area contributed by atoms with E-state index in [1.807, 2.05) is 13.2 Å². The van der Waals surface area contributed by atoms with E-state index in [4.69, 9.17) is 0 Å². The molecule has 1 aromatic carbocycles. The average molecular weight is 413 g/mol. The number of hydrogen-bond acceptors (Lipinski definition) is 4. The molecule has 1 aliphatic rings. The molecule has 1 aromatic rings. The van der Waals surface area contributed by atoms with Crippen LogP contribution in [0.4, 0.5) is 0 Å². The van der Waals surface area contributed by atoms with Crippen LogP contribution in [-0.2, 0) is 14.8 Å². The van der Waals surface area contributed by atoms with Crippen molar-refractivity contribution in [3.8, 4) is 0 Å². The molecule has 0 saturated heterocycles. The molecule has 1 saturated carbocycles. The summed E-state index contributed by atoms with van der Waals surface area (Å²) in [6, 6.07) is 6.10. The van der Waals surface area contributed by atoms with Gasteiger partial charge in [-0.15, -0.1) is 0 Å². The third kappa shape index (κ3) is 7.47. The number of carbonyl (C=O) groups excluding carboxylic acids is 1. The van der Waals surface area contributed by atoms with E-state index in [1.165, 1.54) is 19.3 Å². The summed E-state index contributed by atoms with van der Waals surface area (Å²) in [5.41, 5.74) is 0.995. The normalized spacial score (nSPS) is 17.7. The van der Waals surface area contributed by atoms with Crippen molar-refractivity contribution in [2.45, 2.75) is 75.3 Å². The van der Waals surface area contributed by atoms with Crippen molar-refractivity contribution in [2.75, 3.05) is 12.0 Å². The molecule has 7 heteroatoms. The Labute approximate surface area is 168 Å². The van der Waals surface area contributed by atoms with Gasteiger partial charge in [0.25, 0.3) is 0 Å². The van der Waals surface area contributed by atoms with Crippen LogP contribution < -0.4 is 10.0 Å². The summed E-state index contributed by atoms with van der Waals surface area (Å²) in [5.74, 6) is 0.518. The zero-order valence-electron chi connectivity index (χ0n) is 16.4. The maximum absolute atomic E-state index is 12.8. The first-order chi connectivity index (χ1) is 12.9. The Balaban J connectivity index is 2.06. The first-order valence-electron chi connectivity index (χ1n) is 9.80. The monoisotopic (exact) mass is 412 g/mol. The van der Waals surface area contributed by atoms with E-state index < -0.39 is 16.1 Å². The van der Waals surface area contributed by atoms with Crippen molar-refractivity contribution >= 4 is 27.7 Å². The standard InChI is InChI=1S/C20H32N2O3S2/c1-16-10-12-18(13-11-16)27(24,25)22-19(14-15-26-2)20(23)21-17-8-6-4-3-5-7-9-17/h10-13,17,19,22H,3-9,14-15H2,1-2H3,(H,21,23). The quantitative estimate of drug-likeness (QED) is 0.684. The van der Waals surface area contributed by atoms with Crippen molar-refractivity contribution in [3.63, 3.8) is 0 Å². The maximum atomic E-state index is 12.8. The van der Waals surface area contributed by atoms with Crippen LogP contribution in [0.2, 0.25) is 0 Å². The lowest BCUT2D eigenvalue weighted by atomic mass is 9.96. The van der Waals surface area contributed by atoms with Gasteiger partial charge >= 0.3 is 0 Å². The fourth-order valence-corrected chi connectivity index (χ4v) is 5.06. The van der Waals surface area contributed by atoms with Gasteiger partial charge in [0.2, 0.25) is 15.9 Å². The minimum absolute atomic E-state index is 0.151. The molecule has 27 heavy (non-hydrogen) atoms. The number of rotatable bonds is 8. The minimum Gasteiger partial charge on any atom is -0.352 e. The molecular weight excluding hydrogens is 380 g/mol. The van der Waals surface area contributed by atoms with Crippen LogP contribution in [0.3, 0.4) is 0 Å². The molecule has 1 atom stereocenters. The van der Waals surface area contributed by atoms with Crippen LogP contribution in [0.15, 0.2) is 29.2 Å². The summed E-state index contributed by atoms with van der Waals surface area (Å²) in [6.45, 7) is 1.91. The second-order valence-corrected chi connectivity index (χ2v) is 10.0. The lowest BCUT2D eigenvalue weighted by Gasteiger charge is -2.24. The van der Waals surface area contributed by atoms with Crippen LogP contribution in [0.1, 0.15) is 56.9 Å². The molecule has 1 unspecified atom stereocenters. The Morgan fingerprint density at radius 1 is 1.11 bits per heavy atom. The van der Waals surface area contributed by atoms with E-state index in [0.717, 1.165) is 37.0 Å². The second kappa shape index (κ2) is 11.1. The Bertz CT molecular complexity index is 682. The van der Waals surface area contributed by atoms with Crippen molar-refractivity contribution in [1.29, 1.82) is 0 Å². The van der Waals surface area contributed by atoms with Gasteiger partial charge < -0.3 is 5.32 Å². The Morgan fingerprint density at radius 2 is 1.70 bits per heavy atom. The molecular formula is C20H32N2O3S2. The summed E-state index contributed by atoms with van der Waals surface area (Å²) in [7, 11) is -3.73. The van der Waals surface area contributed by atoms with E-state index >= 15 is 0 Å². The van der Waals surface area contributed by atoms with Crippen LogP contribution in [0.5, 0.6) is 0 Å². The van der Waals surface area contributed by atoms with Gasteiger partial charge in [0.1, 0.15) is 6.04 Å². The zero-order valence-corrected chi connectivity index (χ0v) is 18.0. The minimum atomic E-state index is -3.73. The number of amides is 1. The smallest absolute Gasteiger partial charge is 0.241 e. The molecule has 5 nitrogen and oxygen atoms in total. The van der Waals surface area contributed by atoms with E-state index in [2.05, 4.69) is 10.0 Å². The highest BCUT2D eigenvalue weighted by Crippen LogP contribution is 2.18. The summed E-state index contributed by atoms with van der Waals surface area (Å²) in [4.78, 5) is 13.0. The molecule has 1 amide bonds.